The smallest absolute Gasteiger partial charge is 0.412 e. The van der Waals surface area contributed by atoms with Crippen molar-refractivity contribution in [2.24, 2.45) is 0 Å². The van der Waals surface area contributed by atoms with Crippen molar-refractivity contribution in [2.75, 3.05) is 0 Å². The average Bonchev–Trinajstić information content (AvgIpc) is 0. The van der Waals surface area contributed by atoms with E-state index in [1.807, 2.05) is 0 Å². The zero-order valence-corrected chi connectivity index (χ0v) is 6.50. The zero-order valence-electron chi connectivity index (χ0n) is 2.50. The van der Waals surface area contributed by atoms with Gasteiger partial charge in [0.2, 0.25) is 0 Å². The van der Waals surface area contributed by atoms with Crippen LogP contribution < -0.4 is 59.1 Å². The summed E-state index contributed by atoms with van der Waals surface area (Å²) in [6, 6.07) is 0. The van der Waals surface area contributed by atoms with Crippen molar-refractivity contribution in [1.29, 1.82) is 0 Å². The van der Waals surface area contributed by atoms with Gasteiger partial charge in [0.1, 0.15) is 0 Å². The maximum atomic E-state index is 0. The standard InChI is InChI=1S/2BH4.2Na.H2O/h2*1H4;;;1H2/q2*-1;2*+1;. The number of hydrogen-bond donors (Lipinski definition) is 0. The van der Waals surface area contributed by atoms with Crippen molar-refractivity contribution in [2.45, 2.75) is 0 Å². The molecule has 5 heteroatoms. The fourth-order valence-corrected chi connectivity index (χ4v) is 0. The Morgan fingerprint density at radius 2 is 0.600 bits per heavy atom. The van der Waals surface area contributed by atoms with E-state index in [0.717, 1.165) is 0 Å². The van der Waals surface area contributed by atoms with Gasteiger partial charge in [-0.15, -0.1) is 0 Å². The van der Waals surface area contributed by atoms with Gasteiger partial charge in [0, 0.05) is 0 Å². The van der Waals surface area contributed by atoms with Crippen molar-refractivity contribution in [1.82, 2.24) is 0 Å². The Bertz CT molecular complexity index is 7.61. The van der Waals surface area contributed by atoms with Crippen LogP contribution in [0.1, 0.15) is 0 Å². The molecule has 0 atom stereocenters. The fraction of sp³-hybridized carbons (Fsp3) is 0. The Hall–Kier alpha value is 2.09. The van der Waals surface area contributed by atoms with Gasteiger partial charge in [-0.3, -0.25) is 0 Å². The maximum absolute atomic E-state index is 0. The quantitative estimate of drug-likeness (QED) is 0.267. The van der Waals surface area contributed by atoms with E-state index in [2.05, 4.69) is 0 Å². The van der Waals surface area contributed by atoms with E-state index in [1.165, 1.54) is 0 Å². The van der Waals surface area contributed by atoms with Gasteiger partial charge in [-0.05, 0) is 0 Å². The molecule has 1 nitrogen and oxygen atoms in total. The normalized spacial score (nSPS) is 0. The monoisotopic (exact) mass is 94.1 g/mol. The van der Waals surface area contributed by atoms with Gasteiger partial charge in [-0.25, -0.2) is 0 Å². The summed E-state index contributed by atoms with van der Waals surface area (Å²) in [5, 5.41) is 0. The van der Waals surface area contributed by atoms with Crippen LogP contribution in [0.15, 0.2) is 0 Å². The second-order valence-corrected chi connectivity index (χ2v) is 0. The molecule has 0 aliphatic rings. The van der Waals surface area contributed by atoms with Gasteiger partial charge >= 0.3 is 59.1 Å². The Balaban J connectivity index is 0. The van der Waals surface area contributed by atoms with E-state index < -0.39 is 0 Å². The van der Waals surface area contributed by atoms with Crippen molar-refractivity contribution in [3.63, 3.8) is 0 Å². The second kappa shape index (κ2) is 36.1. The van der Waals surface area contributed by atoms with Crippen molar-refractivity contribution in [3.8, 4) is 0 Å². The summed E-state index contributed by atoms with van der Waals surface area (Å²) < 4.78 is 0. The van der Waals surface area contributed by atoms with Gasteiger partial charge in [0.15, 0.2) is 0 Å². The van der Waals surface area contributed by atoms with Gasteiger partial charge in [-0.1, -0.05) is 16.8 Å². The predicted molar refractivity (Wildman–Crippen MR) is 26.3 cm³/mol. The fourth-order valence-electron chi connectivity index (χ4n) is 0. The van der Waals surface area contributed by atoms with Crippen LogP contribution in [0.5, 0.6) is 0 Å². The van der Waals surface area contributed by atoms with Gasteiger partial charge < -0.3 is 5.48 Å². The van der Waals surface area contributed by atoms with Crippen molar-refractivity contribution in [3.05, 3.63) is 0 Å². The van der Waals surface area contributed by atoms with E-state index in [4.69, 9.17) is 0 Å². The molecule has 0 spiro atoms. The van der Waals surface area contributed by atoms with Crippen LogP contribution in [0.4, 0.5) is 0 Å². The summed E-state index contributed by atoms with van der Waals surface area (Å²) in [4.78, 5) is 0. The maximum Gasteiger partial charge on any atom is 1.00 e. The summed E-state index contributed by atoms with van der Waals surface area (Å²) >= 11 is 0. The van der Waals surface area contributed by atoms with E-state index in [-0.39, 0.29) is 81.4 Å². The molecule has 2 N–H and O–H groups in total. The second-order valence-electron chi connectivity index (χ2n) is 0. The SMILES string of the molecule is O.[BH4-].[BH4-].[Na+].[Na+]. The van der Waals surface area contributed by atoms with Crippen LogP contribution in [0, 0.1) is 0 Å². The molecule has 0 rings (SSSR count). The van der Waals surface area contributed by atoms with Gasteiger partial charge in [0.25, 0.3) is 0 Å². The molecular weight excluding hydrogens is 83.6 g/mol. The molecular formula is H10B2Na2O. The molecule has 0 fully saturated rings. The van der Waals surface area contributed by atoms with Crippen LogP contribution in [0.3, 0.4) is 0 Å². The molecule has 0 saturated heterocycles. The Morgan fingerprint density at radius 3 is 0.600 bits per heavy atom. The summed E-state index contributed by atoms with van der Waals surface area (Å²) in [5.74, 6) is 0. The molecule has 0 radical (unpaired) electrons. The van der Waals surface area contributed by atoms with E-state index in [9.17, 15) is 0 Å². The first kappa shape index (κ1) is 60.2. The first-order valence-electron chi connectivity index (χ1n) is 0. The summed E-state index contributed by atoms with van der Waals surface area (Å²) in [7, 11) is 0. The molecule has 5 heavy (non-hydrogen) atoms. The third kappa shape index (κ3) is 23.3. The third-order valence-electron chi connectivity index (χ3n) is 0. The third-order valence-corrected chi connectivity index (χ3v) is 0. The zero-order chi connectivity index (χ0) is 0. The largest absolute Gasteiger partial charge is 1.00 e. The predicted octanol–water partition coefficient (Wildman–Crippen LogP) is -9.72. The minimum atomic E-state index is 0. The van der Waals surface area contributed by atoms with E-state index in [1.54, 1.807) is 0 Å². The van der Waals surface area contributed by atoms with Crippen molar-refractivity contribution < 1.29 is 64.6 Å². The Kier molecular flexibility index (Phi) is 435. The molecule has 0 amide bonds. The first-order valence-corrected chi connectivity index (χ1v) is 0. The first-order chi connectivity index (χ1) is 0. The summed E-state index contributed by atoms with van der Waals surface area (Å²) in [6.07, 6.45) is 0. The molecule has 0 aliphatic carbocycles. The van der Waals surface area contributed by atoms with Crippen LogP contribution in [0.2, 0.25) is 0 Å². The minimum absolute atomic E-state index is 0. The minimum Gasteiger partial charge on any atom is -0.412 e. The molecule has 0 heterocycles. The molecule has 0 bridgehead atoms. The molecule has 0 aromatic carbocycles. The Morgan fingerprint density at radius 1 is 0.600 bits per heavy atom. The van der Waals surface area contributed by atoms with Crippen molar-refractivity contribution >= 4 is 16.8 Å². The Labute approximate surface area is 80.3 Å². The number of rotatable bonds is 0. The van der Waals surface area contributed by atoms with Crippen LogP contribution in [-0.4, -0.2) is 22.3 Å². The summed E-state index contributed by atoms with van der Waals surface area (Å²) in [5.41, 5.74) is 0. The van der Waals surface area contributed by atoms with Gasteiger partial charge in [-0.2, -0.15) is 0 Å². The average molecular weight is 93.7 g/mol. The van der Waals surface area contributed by atoms with Crippen LogP contribution in [0.25, 0.3) is 0 Å². The molecule has 24 valence electrons. The molecule has 0 aliphatic heterocycles. The number of hydrogen-bond acceptors (Lipinski definition) is 0. The molecule has 0 aromatic rings. The van der Waals surface area contributed by atoms with Crippen LogP contribution in [-0.2, 0) is 0 Å². The summed E-state index contributed by atoms with van der Waals surface area (Å²) in [6.45, 7) is 0. The molecule has 0 unspecified atom stereocenters. The van der Waals surface area contributed by atoms with E-state index >= 15 is 0 Å². The topological polar surface area (TPSA) is 31.5 Å². The van der Waals surface area contributed by atoms with Gasteiger partial charge in [0.05, 0.1) is 0 Å². The van der Waals surface area contributed by atoms with Crippen LogP contribution >= 0.6 is 0 Å². The van der Waals surface area contributed by atoms with E-state index in [0.29, 0.717) is 0 Å². The molecule has 0 saturated carbocycles. The molecule has 0 aromatic heterocycles.